The molecule has 3 N–H and O–H groups in total. The number of nitrogens with zero attached hydrogens (tertiary/aromatic N) is 5. The van der Waals surface area contributed by atoms with E-state index in [1.54, 1.807) is 36.5 Å². The number of amides is 2. The molecule has 3 heterocycles. The van der Waals surface area contributed by atoms with Gasteiger partial charge in [0.1, 0.15) is 0 Å². The molecule has 0 saturated carbocycles. The second kappa shape index (κ2) is 13.3. The Hall–Kier alpha value is -4.06. The Balaban J connectivity index is 1.38. The summed E-state index contributed by atoms with van der Waals surface area (Å²) in [6, 6.07) is 11.0. The van der Waals surface area contributed by atoms with E-state index >= 15 is 0 Å². The van der Waals surface area contributed by atoms with Gasteiger partial charge in [0, 0.05) is 49.2 Å². The molecule has 0 aliphatic carbocycles. The molecule has 0 atom stereocenters. The minimum atomic E-state index is -2.70. The highest BCUT2D eigenvalue weighted by molar-refractivity contribution is 5.97. The summed E-state index contributed by atoms with van der Waals surface area (Å²) in [4.78, 5) is 39.2. The predicted molar refractivity (Wildman–Crippen MR) is 150 cm³/mol. The summed E-state index contributed by atoms with van der Waals surface area (Å²) < 4.78 is 29.3. The number of hydrogen-bond donors (Lipinski definition) is 2. The van der Waals surface area contributed by atoms with Gasteiger partial charge in [0.25, 0.3) is 12.3 Å². The molecule has 0 radical (unpaired) electrons. The van der Waals surface area contributed by atoms with E-state index < -0.39 is 19.1 Å². The highest BCUT2D eigenvalue weighted by Gasteiger charge is 2.25. The van der Waals surface area contributed by atoms with Crippen molar-refractivity contribution in [2.75, 3.05) is 52.2 Å². The number of halogens is 2. The highest BCUT2D eigenvalue weighted by Crippen LogP contribution is 2.29. The Morgan fingerprint density at radius 3 is 2.58 bits per heavy atom. The van der Waals surface area contributed by atoms with Crippen LogP contribution in [0.4, 0.5) is 25.1 Å². The molecule has 1 aromatic heterocycles. The van der Waals surface area contributed by atoms with Crippen molar-refractivity contribution in [3.05, 3.63) is 59.8 Å². The molecule has 1 saturated heterocycles. The van der Waals surface area contributed by atoms with Crippen LogP contribution in [0.2, 0.25) is 0 Å². The molecule has 214 valence electrons. The number of hydrogen-bond acceptors (Lipinski definition) is 6. The van der Waals surface area contributed by atoms with Crippen LogP contribution in [0.15, 0.2) is 53.7 Å². The number of nitrogens with one attached hydrogen (secondary N) is 1. The van der Waals surface area contributed by atoms with Gasteiger partial charge in [-0.05, 0) is 81.4 Å². The van der Waals surface area contributed by atoms with Crippen LogP contribution in [0.5, 0.6) is 0 Å². The van der Waals surface area contributed by atoms with Crippen molar-refractivity contribution in [3.8, 4) is 0 Å². The third-order valence-electron chi connectivity index (χ3n) is 7.12. The van der Waals surface area contributed by atoms with Gasteiger partial charge in [-0.15, -0.1) is 0 Å². The van der Waals surface area contributed by atoms with Crippen molar-refractivity contribution >= 4 is 35.0 Å². The van der Waals surface area contributed by atoms with E-state index in [4.69, 9.17) is 5.73 Å². The maximum atomic E-state index is 13.0. The molecule has 0 spiro atoms. The van der Waals surface area contributed by atoms with E-state index in [-0.39, 0.29) is 24.5 Å². The lowest BCUT2D eigenvalue weighted by atomic mass is 10.0. The Morgan fingerprint density at radius 2 is 1.93 bits per heavy atom. The van der Waals surface area contributed by atoms with Gasteiger partial charge in [0.05, 0.1) is 0 Å². The Morgan fingerprint density at radius 1 is 1.20 bits per heavy atom. The summed E-state index contributed by atoms with van der Waals surface area (Å²) >= 11 is 0. The first-order valence-corrected chi connectivity index (χ1v) is 13.2. The van der Waals surface area contributed by atoms with Crippen LogP contribution in [0.1, 0.15) is 35.2 Å². The lowest BCUT2D eigenvalue weighted by Crippen LogP contribution is -2.44. The molecular weight excluding hydrogens is 520 g/mol. The Kier molecular flexibility index (Phi) is 9.65. The Labute approximate surface area is 232 Å². The summed E-state index contributed by atoms with van der Waals surface area (Å²) in [5.41, 5.74) is 9.12. The number of benzene rings is 1. The number of carbonyl (C=O) groups excluding carboxylic acids is 2. The summed E-state index contributed by atoms with van der Waals surface area (Å²) in [5.74, 6) is 0.512. The molecule has 2 aliphatic heterocycles. The summed E-state index contributed by atoms with van der Waals surface area (Å²) in [6.07, 6.45) is 2.36. The number of aromatic nitrogens is 1. The summed E-state index contributed by atoms with van der Waals surface area (Å²) in [5, 5.41) is 3.04. The molecule has 40 heavy (non-hydrogen) atoms. The smallest absolute Gasteiger partial charge is 0.410 e. The van der Waals surface area contributed by atoms with Gasteiger partial charge in [0.15, 0.2) is 18.4 Å². The van der Waals surface area contributed by atoms with Gasteiger partial charge in [-0.2, -0.15) is 4.99 Å². The van der Waals surface area contributed by atoms with Crippen molar-refractivity contribution in [2.45, 2.75) is 31.7 Å². The second-order valence-electron chi connectivity index (χ2n) is 9.92. The van der Waals surface area contributed by atoms with Crippen molar-refractivity contribution in [3.63, 3.8) is 0 Å². The highest BCUT2D eigenvalue weighted by atomic mass is 19.3. The van der Waals surface area contributed by atoms with E-state index in [0.717, 1.165) is 37.1 Å². The van der Waals surface area contributed by atoms with Gasteiger partial charge in [0.2, 0.25) is 0 Å². The monoisotopic (exact) mass is 555 g/mol. The number of ether oxygens (including phenoxy) is 1. The van der Waals surface area contributed by atoms with Gasteiger partial charge in [-0.3, -0.25) is 4.79 Å². The van der Waals surface area contributed by atoms with E-state index in [1.165, 1.54) is 4.90 Å². The lowest BCUT2D eigenvalue weighted by molar-refractivity contribution is 0.0332. The van der Waals surface area contributed by atoms with Crippen molar-refractivity contribution in [2.24, 2.45) is 10.7 Å². The topological polar surface area (TPSA) is 116 Å². The van der Waals surface area contributed by atoms with Crippen LogP contribution in [-0.2, 0) is 4.74 Å². The standard InChI is InChI=1S/C28H35F2N7O3/c1-35-14-11-22(12-15-35)36(2)26(38)20-5-7-21(8-6-20)33-27(31)34-25-23(4-3-13-32-25)19-9-16-37(17-10-19)28(39)40-18-24(29)30/h3-9,13,22,24H,10-12,14-18H2,1-2H3,(H3,31,32,33,34). The molecule has 0 bridgehead atoms. The maximum absolute atomic E-state index is 13.0. The first-order valence-electron chi connectivity index (χ1n) is 13.2. The van der Waals surface area contributed by atoms with Gasteiger partial charge in [-0.1, -0.05) is 6.08 Å². The molecule has 4 rings (SSSR count). The number of carbonyl (C=O) groups is 2. The zero-order chi connectivity index (χ0) is 28.6. The number of anilines is 1. The fourth-order valence-electron chi connectivity index (χ4n) is 4.78. The van der Waals surface area contributed by atoms with Crippen LogP contribution in [0, 0.1) is 0 Å². The summed E-state index contributed by atoms with van der Waals surface area (Å²) in [6.45, 7) is 1.58. The number of likely N-dealkylation sites (tertiary alicyclic amines) is 1. The minimum Gasteiger partial charge on any atom is -0.443 e. The molecular formula is C28H35F2N7O3. The molecule has 2 amide bonds. The van der Waals surface area contributed by atoms with Crippen LogP contribution < -0.4 is 11.1 Å². The van der Waals surface area contributed by atoms with Gasteiger partial charge >= 0.3 is 6.09 Å². The summed E-state index contributed by atoms with van der Waals surface area (Å²) in [7, 11) is 3.95. The molecule has 0 unspecified atom stereocenters. The molecule has 2 aromatic rings. The largest absolute Gasteiger partial charge is 0.443 e. The average molecular weight is 556 g/mol. The van der Waals surface area contributed by atoms with Crippen LogP contribution in [0.25, 0.3) is 5.57 Å². The number of aliphatic imine (C=N–C) groups is 1. The van der Waals surface area contributed by atoms with Gasteiger partial charge < -0.3 is 30.5 Å². The molecule has 10 nitrogen and oxygen atoms in total. The zero-order valence-electron chi connectivity index (χ0n) is 22.7. The minimum absolute atomic E-state index is 0.0116. The SMILES string of the molecule is CN1CCC(N(C)C(=O)c2ccc(N/C(N)=N/c3ncccc3C3=CCN(C(=O)OCC(F)F)CC3)cc2)CC1. The molecule has 1 aromatic carbocycles. The number of rotatable bonds is 7. The quantitative estimate of drug-likeness (QED) is 0.394. The fraction of sp³-hybridized carbons (Fsp3) is 0.429. The average Bonchev–Trinajstić information content (AvgIpc) is 2.96. The van der Waals surface area contributed by atoms with E-state index in [1.807, 2.05) is 24.1 Å². The van der Waals surface area contributed by atoms with Crippen molar-refractivity contribution in [1.82, 2.24) is 19.7 Å². The van der Waals surface area contributed by atoms with Crippen LogP contribution in [-0.4, -0.2) is 97.0 Å². The van der Waals surface area contributed by atoms with E-state index in [2.05, 4.69) is 32.0 Å². The molecule has 2 aliphatic rings. The lowest BCUT2D eigenvalue weighted by Gasteiger charge is -2.35. The number of nitrogens with two attached hydrogens (primary N) is 1. The fourth-order valence-corrected chi connectivity index (χ4v) is 4.78. The number of pyridine rings is 1. The predicted octanol–water partition coefficient (Wildman–Crippen LogP) is 3.80. The molecule has 1 fully saturated rings. The first-order chi connectivity index (χ1) is 19.2. The van der Waals surface area contributed by atoms with E-state index in [0.29, 0.717) is 30.0 Å². The van der Waals surface area contributed by atoms with Crippen LogP contribution >= 0.6 is 0 Å². The van der Waals surface area contributed by atoms with Crippen molar-refractivity contribution in [1.29, 1.82) is 0 Å². The number of guanidine groups is 1. The third-order valence-corrected chi connectivity index (χ3v) is 7.12. The second-order valence-corrected chi connectivity index (χ2v) is 9.92. The molecule has 12 heteroatoms. The normalized spacial score (nSPS) is 17.0. The first kappa shape index (κ1) is 28.9. The zero-order valence-corrected chi connectivity index (χ0v) is 22.7. The van der Waals surface area contributed by atoms with E-state index in [9.17, 15) is 18.4 Å². The Bertz CT molecular complexity index is 1240. The van der Waals surface area contributed by atoms with Gasteiger partial charge in [-0.25, -0.2) is 18.6 Å². The third kappa shape index (κ3) is 7.53. The number of alkyl halides is 2. The maximum Gasteiger partial charge on any atom is 0.410 e. The number of piperidine rings is 1. The van der Waals surface area contributed by atoms with Crippen molar-refractivity contribution < 1.29 is 23.1 Å². The van der Waals surface area contributed by atoms with Crippen LogP contribution in [0.3, 0.4) is 0 Å².